The molecule has 230 valence electrons. The Morgan fingerprint density at radius 2 is 1.49 bits per heavy atom. The van der Waals surface area contributed by atoms with E-state index in [2.05, 4.69) is 81.2 Å². The number of nitrogens with one attached hydrogen (secondary N) is 1. The molecule has 0 bridgehead atoms. The van der Waals surface area contributed by atoms with E-state index in [-0.39, 0.29) is 5.97 Å². The Hall–Kier alpha value is -4.95. The Kier molecular flexibility index (Phi) is 9.51. The van der Waals surface area contributed by atoms with Crippen LogP contribution in [0.4, 0.5) is 5.95 Å². The van der Waals surface area contributed by atoms with Crippen LogP contribution < -0.4 is 5.32 Å². The summed E-state index contributed by atoms with van der Waals surface area (Å²) in [5.41, 5.74) is 7.76. The molecule has 0 aliphatic heterocycles. The molecule has 0 amide bonds. The summed E-state index contributed by atoms with van der Waals surface area (Å²) in [7, 11) is 3.11. The molecule has 0 radical (unpaired) electrons. The van der Waals surface area contributed by atoms with Crippen LogP contribution in [0.15, 0.2) is 97.1 Å². The van der Waals surface area contributed by atoms with Gasteiger partial charge in [0.25, 0.3) is 0 Å². The third kappa shape index (κ3) is 6.76. The predicted octanol–water partition coefficient (Wildman–Crippen LogP) is 7.16. The maximum atomic E-state index is 12.3. The number of methoxy groups -OCH3 is 2. The molecule has 45 heavy (non-hydrogen) atoms. The number of carbonyl (C=O) groups is 1. The number of hydrogen-bond donors (Lipinski definition) is 1. The molecule has 1 N–H and O–H groups in total. The molecule has 6 rings (SSSR count). The van der Waals surface area contributed by atoms with Crippen molar-refractivity contribution in [3.63, 3.8) is 0 Å². The van der Waals surface area contributed by atoms with Crippen LogP contribution in [-0.2, 0) is 35.4 Å². The number of aromatic nitrogens is 4. The van der Waals surface area contributed by atoms with Gasteiger partial charge >= 0.3 is 5.97 Å². The minimum Gasteiger partial charge on any atom is -0.465 e. The highest BCUT2D eigenvalue weighted by Gasteiger charge is 2.21. The summed E-state index contributed by atoms with van der Waals surface area (Å²) in [5.74, 6) is 1.32. The van der Waals surface area contributed by atoms with Crippen LogP contribution in [0.25, 0.3) is 33.5 Å². The highest BCUT2D eigenvalue weighted by molar-refractivity contribution is 5.97. The number of fused-ring (bicyclic) bond motifs is 2. The highest BCUT2D eigenvalue weighted by Crippen LogP contribution is 2.34. The molecule has 4 aromatic carbocycles. The zero-order valence-corrected chi connectivity index (χ0v) is 25.9. The Balaban J connectivity index is 1.42. The molecule has 8 nitrogen and oxygen atoms in total. The molecule has 0 aliphatic carbocycles. The van der Waals surface area contributed by atoms with Gasteiger partial charge in [-0.3, -0.25) is 0 Å². The molecule has 0 fully saturated rings. The minimum absolute atomic E-state index is 0.378. The predicted molar refractivity (Wildman–Crippen MR) is 180 cm³/mol. The molecule has 8 heteroatoms. The van der Waals surface area contributed by atoms with Crippen LogP contribution in [0.2, 0.25) is 0 Å². The number of imidazole rings is 2. The van der Waals surface area contributed by atoms with Gasteiger partial charge < -0.3 is 23.9 Å². The lowest BCUT2D eigenvalue weighted by atomic mass is 10.1. The first-order valence-electron chi connectivity index (χ1n) is 15.5. The number of anilines is 1. The topological polar surface area (TPSA) is 83.2 Å². The van der Waals surface area contributed by atoms with E-state index in [1.54, 1.807) is 13.2 Å². The van der Waals surface area contributed by atoms with E-state index in [1.807, 2.05) is 24.3 Å². The lowest BCUT2D eigenvalue weighted by Gasteiger charge is -2.14. The third-order valence-corrected chi connectivity index (χ3v) is 8.14. The molecule has 0 atom stereocenters. The largest absolute Gasteiger partial charge is 0.465 e. The third-order valence-electron chi connectivity index (χ3n) is 8.14. The summed E-state index contributed by atoms with van der Waals surface area (Å²) in [6.07, 6.45) is 3.66. The summed E-state index contributed by atoms with van der Waals surface area (Å²) in [6.45, 7) is 2.92. The van der Waals surface area contributed by atoms with Crippen molar-refractivity contribution in [3.8, 4) is 11.4 Å². The lowest BCUT2D eigenvalue weighted by molar-refractivity contribution is 0.0601. The summed E-state index contributed by atoms with van der Waals surface area (Å²) in [4.78, 5) is 22.6. The van der Waals surface area contributed by atoms with Gasteiger partial charge in [-0.05, 0) is 67.1 Å². The Bertz CT molecular complexity index is 1880. The van der Waals surface area contributed by atoms with E-state index in [0.717, 1.165) is 84.7 Å². The van der Waals surface area contributed by atoms with Crippen LogP contribution in [0.5, 0.6) is 0 Å². The normalized spacial score (nSPS) is 11.3. The van der Waals surface area contributed by atoms with Crippen molar-refractivity contribution in [2.24, 2.45) is 0 Å². The number of hydrogen-bond acceptors (Lipinski definition) is 6. The first-order chi connectivity index (χ1) is 22.2. The first kappa shape index (κ1) is 30.1. The van der Waals surface area contributed by atoms with Gasteiger partial charge in [0.1, 0.15) is 5.82 Å². The first-order valence-corrected chi connectivity index (χ1v) is 15.5. The second kappa shape index (κ2) is 14.2. The van der Waals surface area contributed by atoms with Crippen LogP contribution in [0.3, 0.4) is 0 Å². The molecule has 0 saturated heterocycles. The quantitative estimate of drug-likeness (QED) is 0.105. The Morgan fingerprint density at radius 1 is 0.756 bits per heavy atom. The molecule has 0 aliphatic rings. The molecular formula is C37H39N5O3. The van der Waals surface area contributed by atoms with Crippen molar-refractivity contribution in [3.05, 3.63) is 114 Å². The number of carbonyl (C=O) groups excluding carboxylic acids is 1. The van der Waals surface area contributed by atoms with E-state index in [0.29, 0.717) is 12.2 Å². The van der Waals surface area contributed by atoms with Crippen LogP contribution in [0.1, 0.15) is 34.3 Å². The fourth-order valence-corrected chi connectivity index (χ4v) is 5.94. The van der Waals surface area contributed by atoms with Gasteiger partial charge in [0.15, 0.2) is 0 Å². The Morgan fingerprint density at radius 3 is 2.22 bits per heavy atom. The highest BCUT2D eigenvalue weighted by atomic mass is 16.5. The van der Waals surface area contributed by atoms with Crippen LogP contribution in [0, 0.1) is 0 Å². The van der Waals surface area contributed by atoms with E-state index >= 15 is 0 Å². The summed E-state index contributed by atoms with van der Waals surface area (Å²) in [5, 5.41) is 3.64. The van der Waals surface area contributed by atoms with Gasteiger partial charge in [-0.1, -0.05) is 66.7 Å². The molecule has 0 spiro atoms. The number of para-hydroxylation sites is 1. The van der Waals surface area contributed by atoms with E-state index < -0.39 is 0 Å². The van der Waals surface area contributed by atoms with E-state index in [4.69, 9.17) is 19.4 Å². The number of nitrogens with zero attached hydrogens (tertiary/aromatic N) is 4. The van der Waals surface area contributed by atoms with E-state index in [1.165, 1.54) is 18.2 Å². The monoisotopic (exact) mass is 601 g/mol. The van der Waals surface area contributed by atoms with Gasteiger partial charge in [-0.2, -0.15) is 0 Å². The Labute approximate surface area is 263 Å². The second-order valence-electron chi connectivity index (χ2n) is 11.1. The summed E-state index contributed by atoms with van der Waals surface area (Å²) in [6, 6.07) is 32.9. The average molecular weight is 602 g/mol. The van der Waals surface area contributed by atoms with Crippen molar-refractivity contribution < 1.29 is 14.3 Å². The molecule has 2 heterocycles. The van der Waals surface area contributed by atoms with Crippen LogP contribution >= 0.6 is 0 Å². The lowest BCUT2D eigenvalue weighted by Crippen LogP contribution is -2.12. The summed E-state index contributed by atoms with van der Waals surface area (Å²) < 4.78 is 14.9. The number of esters is 1. The smallest absolute Gasteiger partial charge is 0.337 e. The maximum Gasteiger partial charge on any atom is 0.337 e. The molecule has 0 unspecified atom stereocenters. The van der Waals surface area contributed by atoms with Crippen molar-refractivity contribution >= 4 is 34.0 Å². The SMILES string of the molecule is COCCCn1c(-c2cccc3nc(NCCc4ccccc4)n(CCCc4ccccc4)c23)nc2cc(C(=O)OC)ccc21. The zero-order valence-electron chi connectivity index (χ0n) is 25.9. The number of aryl methyl sites for hydroxylation is 3. The minimum atomic E-state index is -0.378. The van der Waals surface area contributed by atoms with Gasteiger partial charge in [-0.25, -0.2) is 14.8 Å². The zero-order chi connectivity index (χ0) is 31.0. The van der Waals surface area contributed by atoms with Gasteiger partial charge in [0, 0.05) is 38.9 Å². The van der Waals surface area contributed by atoms with Crippen molar-refractivity contribution in [1.29, 1.82) is 0 Å². The van der Waals surface area contributed by atoms with Crippen molar-refractivity contribution in [2.45, 2.75) is 38.8 Å². The van der Waals surface area contributed by atoms with Gasteiger partial charge in [0.2, 0.25) is 5.95 Å². The molecule has 6 aromatic rings. The average Bonchev–Trinajstić information content (AvgIpc) is 3.63. The number of benzene rings is 4. The molecule has 2 aromatic heterocycles. The fraction of sp³-hybridized carbons (Fsp3) is 0.270. The van der Waals surface area contributed by atoms with Crippen molar-refractivity contribution in [2.75, 3.05) is 32.7 Å². The summed E-state index contributed by atoms with van der Waals surface area (Å²) >= 11 is 0. The van der Waals surface area contributed by atoms with Crippen LogP contribution in [-0.4, -0.2) is 52.4 Å². The standard InChI is InChI=1S/C37H39N5O3/c1-44-25-11-24-41-33-20-19-29(36(43)45-2)26-32(33)39-35(41)30-17-9-18-31-34(30)42(23-10-16-27-12-5-3-6-13-27)37(40-31)38-22-21-28-14-7-4-8-15-28/h3-9,12-15,17-20,26H,10-11,16,21-25H2,1-2H3,(H,38,40). The fourth-order valence-electron chi connectivity index (χ4n) is 5.94. The number of ether oxygens (including phenoxy) is 2. The second-order valence-corrected chi connectivity index (χ2v) is 11.1. The maximum absolute atomic E-state index is 12.3. The van der Waals surface area contributed by atoms with Gasteiger partial charge in [-0.15, -0.1) is 0 Å². The van der Waals surface area contributed by atoms with E-state index in [9.17, 15) is 4.79 Å². The molecule has 0 saturated carbocycles. The van der Waals surface area contributed by atoms with Gasteiger partial charge in [0.05, 0.1) is 34.7 Å². The molecular weight excluding hydrogens is 562 g/mol. The van der Waals surface area contributed by atoms with Crippen molar-refractivity contribution in [1.82, 2.24) is 19.1 Å². The number of rotatable bonds is 14.